The molecule has 0 spiro atoms. The zero-order chi connectivity index (χ0) is 17.9. The summed E-state index contributed by atoms with van der Waals surface area (Å²) in [4.78, 5) is 13.4. The SMILES string of the molecule is Cc1ccc(CN(C)C(=O)/C=C/c2cc(C(F)(F)F)ccc2Cl)o1. The van der Waals surface area contributed by atoms with Gasteiger partial charge in [0.1, 0.15) is 11.5 Å². The summed E-state index contributed by atoms with van der Waals surface area (Å²) in [5.41, 5.74) is -0.694. The third-order valence-corrected chi connectivity index (χ3v) is 3.64. The zero-order valence-electron chi connectivity index (χ0n) is 13.0. The van der Waals surface area contributed by atoms with Crippen LogP contribution >= 0.6 is 11.6 Å². The minimum absolute atomic E-state index is 0.127. The fourth-order valence-corrected chi connectivity index (χ4v) is 2.20. The average molecular weight is 358 g/mol. The molecule has 128 valence electrons. The molecule has 0 aliphatic rings. The highest BCUT2D eigenvalue weighted by molar-refractivity contribution is 6.32. The summed E-state index contributed by atoms with van der Waals surface area (Å²) in [7, 11) is 1.57. The van der Waals surface area contributed by atoms with E-state index in [0.29, 0.717) is 5.76 Å². The smallest absolute Gasteiger partial charge is 0.416 e. The second kappa shape index (κ2) is 7.13. The lowest BCUT2D eigenvalue weighted by atomic mass is 10.1. The summed E-state index contributed by atoms with van der Waals surface area (Å²) in [5.74, 6) is 0.975. The molecule has 0 aliphatic carbocycles. The molecule has 0 fully saturated rings. The van der Waals surface area contributed by atoms with E-state index in [1.807, 2.05) is 0 Å². The molecular weight excluding hydrogens is 343 g/mol. The summed E-state index contributed by atoms with van der Waals surface area (Å²) in [5, 5.41) is 0.136. The van der Waals surface area contributed by atoms with E-state index in [0.717, 1.165) is 24.0 Å². The molecule has 1 aromatic heterocycles. The molecule has 0 N–H and O–H groups in total. The molecule has 0 radical (unpaired) electrons. The highest BCUT2D eigenvalue weighted by Crippen LogP contribution is 2.32. The first kappa shape index (κ1) is 18.1. The lowest BCUT2D eigenvalue weighted by Gasteiger charge is -2.13. The van der Waals surface area contributed by atoms with Gasteiger partial charge in [-0.2, -0.15) is 13.2 Å². The zero-order valence-corrected chi connectivity index (χ0v) is 13.8. The van der Waals surface area contributed by atoms with E-state index in [-0.39, 0.29) is 23.0 Å². The van der Waals surface area contributed by atoms with E-state index in [1.54, 1.807) is 26.1 Å². The van der Waals surface area contributed by atoms with Crippen LogP contribution in [0.3, 0.4) is 0 Å². The topological polar surface area (TPSA) is 33.5 Å². The van der Waals surface area contributed by atoms with Gasteiger partial charge in [-0.3, -0.25) is 4.79 Å². The van der Waals surface area contributed by atoms with Gasteiger partial charge in [0.25, 0.3) is 0 Å². The maximum atomic E-state index is 12.7. The number of amides is 1. The molecule has 0 saturated carbocycles. The molecule has 7 heteroatoms. The Morgan fingerprint density at radius 1 is 1.29 bits per heavy atom. The Labute approximate surface area is 142 Å². The molecule has 2 aromatic rings. The Hall–Kier alpha value is -2.21. The van der Waals surface area contributed by atoms with Crippen molar-refractivity contribution >= 4 is 23.6 Å². The van der Waals surface area contributed by atoms with Crippen molar-refractivity contribution in [3.63, 3.8) is 0 Å². The van der Waals surface area contributed by atoms with Crippen LogP contribution in [0.4, 0.5) is 13.2 Å². The molecule has 0 aliphatic heterocycles. The number of benzene rings is 1. The van der Waals surface area contributed by atoms with Gasteiger partial charge in [0, 0.05) is 18.1 Å². The number of furan rings is 1. The van der Waals surface area contributed by atoms with Gasteiger partial charge in [-0.1, -0.05) is 11.6 Å². The number of aryl methyl sites for hydroxylation is 1. The van der Waals surface area contributed by atoms with E-state index in [9.17, 15) is 18.0 Å². The van der Waals surface area contributed by atoms with Crippen LogP contribution < -0.4 is 0 Å². The summed E-state index contributed by atoms with van der Waals surface area (Å²) in [6.45, 7) is 2.05. The molecule has 24 heavy (non-hydrogen) atoms. The number of hydrogen-bond acceptors (Lipinski definition) is 2. The molecule has 2 rings (SSSR count). The maximum Gasteiger partial charge on any atom is 0.416 e. The van der Waals surface area contributed by atoms with Gasteiger partial charge in [0.2, 0.25) is 5.91 Å². The highest BCUT2D eigenvalue weighted by Gasteiger charge is 2.30. The molecule has 1 heterocycles. The largest absolute Gasteiger partial charge is 0.464 e. The van der Waals surface area contributed by atoms with Gasteiger partial charge in [0.05, 0.1) is 12.1 Å². The predicted molar refractivity (Wildman–Crippen MR) is 85.4 cm³/mol. The summed E-state index contributed by atoms with van der Waals surface area (Å²) in [6.07, 6.45) is -2.02. The average Bonchev–Trinajstić information content (AvgIpc) is 2.89. The fourth-order valence-electron chi connectivity index (χ4n) is 2.02. The Morgan fingerprint density at radius 2 is 2.00 bits per heavy atom. The minimum atomic E-state index is -4.47. The number of likely N-dealkylation sites (N-methyl/N-ethyl adjacent to an activating group) is 1. The van der Waals surface area contributed by atoms with E-state index >= 15 is 0 Å². The van der Waals surface area contributed by atoms with E-state index in [4.69, 9.17) is 16.0 Å². The number of halogens is 4. The minimum Gasteiger partial charge on any atom is -0.464 e. The van der Waals surface area contributed by atoms with Crippen molar-refractivity contribution in [3.8, 4) is 0 Å². The van der Waals surface area contributed by atoms with Crippen LogP contribution in [-0.2, 0) is 17.5 Å². The van der Waals surface area contributed by atoms with Crippen molar-refractivity contribution in [2.45, 2.75) is 19.6 Å². The van der Waals surface area contributed by atoms with Gasteiger partial charge >= 0.3 is 6.18 Å². The summed E-state index contributed by atoms with van der Waals surface area (Å²) in [6, 6.07) is 6.50. The quantitative estimate of drug-likeness (QED) is 0.727. The van der Waals surface area contributed by atoms with Gasteiger partial charge < -0.3 is 9.32 Å². The molecule has 1 aromatic carbocycles. The second-order valence-electron chi connectivity index (χ2n) is 5.27. The van der Waals surface area contributed by atoms with Crippen LogP contribution in [0.5, 0.6) is 0 Å². The van der Waals surface area contributed by atoms with Crippen molar-refractivity contribution in [3.05, 3.63) is 64.1 Å². The Bertz CT molecular complexity index is 765. The van der Waals surface area contributed by atoms with Crippen molar-refractivity contribution in [2.24, 2.45) is 0 Å². The van der Waals surface area contributed by atoms with E-state index in [2.05, 4.69) is 0 Å². The normalized spacial score (nSPS) is 11.9. The lowest BCUT2D eigenvalue weighted by Crippen LogP contribution is -2.23. The number of carbonyl (C=O) groups excluding carboxylic acids is 1. The maximum absolute atomic E-state index is 12.7. The number of hydrogen-bond donors (Lipinski definition) is 0. The van der Waals surface area contributed by atoms with Crippen molar-refractivity contribution in [2.75, 3.05) is 7.05 Å². The van der Waals surface area contributed by atoms with Crippen LogP contribution in [0.25, 0.3) is 6.08 Å². The lowest BCUT2D eigenvalue weighted by molar-refractivity contribution is -0.137. The van der Waals surface area contributed by atoms with Crippen molar-refractivity contribution in [1.29, 1.82) is 0 Å². The Morgan fingerprint density at radius 3 is 2.58 bits per heavy atom. The van der Waals surface area contributed by atoms with Crippen molar-refractivity contribution in [1.82, 2.24) is 4.90 Å². The molecule has 1 amide bonds. The van der Waals surface area contributed by atoms with Crippen LogP contribution in [0.15, 0.2) is 40.8 Å². The van der Waals surface area contributed by atoms with E-state index in [1.165, 1.54) is 17.1 Å². The standard InChI is InChI=1S/C17H15ClF3NO2/c1-11-3-6-14(24-11)10-22(2)16(23)8-4-12-9-13(17(19,20)21)5-7-15(12)18/h3-9H,10H2,1-2H3/b8-4+. The Kier molecular flexibility index (Phi) is 5.39. The van der Waals surface area contributed by atoms with Crippen LogP contribution in [0, 0.1) is 6.92 Å². The summed E-state index contributed by atoms with van der Waals surface area (Å²) < 4.78 is 43.5. The monoisotopic (exact) mass is 357 g/mol. The number of alkyl halides is 3. The van der Waals surface area contributed by atoms with Gasteiger partial charge in [0.15, 0.2) is 0 Å². The Balaban J connectivity index is 2.10. The van der Waals surface area contributed by atoms with Crippen LogP contribution in [0.1, 0.15) is 22.6 Å². The van der Waals surface area contributed by atoms with Crippen molar-refractivity contribution < 1.29 is 22.4 Å². The first-order valence-corrected chi connectivity index (χ1v) is 7.40. The molecule has 3 nitrogen and oxygen atoms in total. The highest BCUT2D eigenvalue weighted by atomic mass is 35.5. The number of carbonyl (C=O) groups is 1. The molecule has 0 unspecified atom stereocenters. The molecular formula is C17H15ClF3NO2. The van der Waals surface area contributed by atoms with E-state index < -0.39 is 11.7 Å². The number of nitrogens with zero attached hydrogens (tertiary/aromatic N) is 1. The van der Waals surface area contributed by atoms with Crippen LogP contribution in [-0.4, -0.2) is 17.9 Å². The third-order valence-electron chi connectivity index (χ3n) is 3.29. The third kappa shape index (κ3) is 4.64. The van der Waals surface area contributed by atoms with Gasteiger partial charge in [-0.25, -0.2) is 0 Å². The fraction of sp³-hybridized carbons (Fsp3) is 0.235. The predicted octanol–water partition coefficient (Wildman–Crippen LogP) is 4.93. The first-order valence-electron chi connectivity index (χ1n) is 7.02. The van der Waals surface area contributed by atoms with Gasteiger partial charge in [-0.15, -0.1) is 0 Å². The summed E-state index contributed by atoms with van der Waals surface area (Å²) >= 11 is 5.88. The van der Waals surface area contributed by atoms with Crippen LogP contribution in [0.2, 0.25) is 5.02 Å². The molecule has 0 bridgehead atoms. The van der Waals surface area contributed by atoms with Gasteiger partial charge in [-0.05, 0) is 48.9 Å². The second-order valence-corrected chi connectivity index (χ2v) is 5.68. The number of rotatable bonds is 4. The molecule has 0 atom stereocenters. The molecule has 0 saturated heterocycles. The first-order chi connectivity index (χ1) is 11.2.